The van der Waals surface area contributed by atoms with Gasteiger partial charge in [0.15, 0.2) is 0 Å². The number of benzene rings is 16. The molecule has 0 saturated carbocycles. The predicted molar refractivity (Wildman–Crippen MR) is 470 cm³/mol. The van der Waals surface area contributed by atoms with Crippen molar-refractivity contribution in [2.75, 3.05) is 5.32 Å². The van der Waals surface area contributed by atoms with Gasteiger partial charge in [-0.1, -0.05) is 299 Å². The van der Waals surface area contributed by atoms with Crippen LogP contribution in [0.15, 0.2) is 387 Å². The molecule has 0 atom stereocenters. The summed E-state index contributed by atoms with van der Waals surface area (Å²) in [4.78, 5) is 0. The average molecular weight is 1560 g/mol. The normalized spacial score (nSPS) is 10.9. The number of thiophene rings is 3. The molecule has 107 heavy (non-hydrogen) atoms. The topological polar surface area (TPSA) is 41.5 Å². The van der Waals surface area contributed by atoms with Gasteiger partial charge in [0.25, 0.3) is 0 Å². The molecule has 0 fully saturated rings. The van der Waals surface area contributed by atoms with Crippen LogP contribution in [-0.2, 0) is 0 Å². The summed E-state index contributed by atoms with van der Waals surface area (Å²) in [5.41, 5.74) is 19.0. The SMILES string of the molecule is Brc1ccc2sc3ccccc3c2c1.Clc1ccc(-c2ccc(-c3ccc4sc5ccccc5c4c3)cc2)cc1.Clc1ccc(-c2ccc(-c3ccc4sc5ccccc5c4c3)cc2)cc1.O[B]Oc1ccc(-c2ccc(Cl)cc2)cc1.c1ccc(Nc2ccc(-c3ccc(-c4ccccc4)cc3)cc2)cc1. The fraction of sp³-hybridized carbons (Fsp3) is 0. The lowest BCUT2D eigenvalue weighted by atomic mass is 9.99. The van der Waals surface area contributed by atoms with Crippen molar-refractivity contribution in [3.8, 4) is 83.6 Å². The number of nitrogens with one attached hydrogen (secondary N) is 1. The maximum atomic E-state index is 8.47. The zero-order chi connectivity index (χ0) is 72.8. The van der Waals surface area contributed by atoms with E-state index >= 15 is 0 Å². The zero-order valence-electron chi connectivity index (χ0n) is 57.5. The Bertz CT molecular complexity index is 5960. The first-order chi connectivity index (χ1) is 52.6. The van der Waals surface area contributed by atoms with Gasteiger partial charge >= 0.3 is 7.69 Å². The zero-order valence-corrected chi connectivity index (χ0v) is 63.8. The molecule has 19 aromatic rings. The largest absolute Gasteiger partial charge is 0.569 e. The minimum absolute atomic E-state index is 0.597. The molecular formula is C96H65BBrCl3NO2S3. The van der Waals surface area contributed by atoms with Crippen LogP contribution in [-0.4, -0.2) is 12.7 Å². The summed E-state index contributed by atoms with van der Waals surface area (Å²) in [6.07, 6.45) is 0. The number of halogens is 4. The summed E-state index contributed by atoms with van der Waals surface area (Å²) >= 11 is 26.9. The summed E-state index contributed by atoms with van der Waals surface area (Å²) in [7, 11) is 0.664. The second-order valence-electron chi connectivity index (χ2n) is 25.3. The summed E-state index contributed by atoms with van der Waals surface area (Å²) in [6, 6.07) is 132. The lowest BCUT2D eigenvalue weighted by molar-refractivity contribution is 0.454. The lowest BCUT2D eigenvalue weighted by Gasteiger charge is -2.08. The molecule has 3 nitrogen and oxygen atoms in total. The Morgan fingerprint density at radius 1 is 0.243 bits per heavy atom. The van der Waals surface area contributed by atoms with Crippen LogP contribution in [0, 0.1) is 0 Å². The van der Waals surface area contributed by atoms with Crippen LogP contribution in [0.5, 0.6) is 5.75 Å². The van der Waals surface area contributed by atoms with Crippen LogP contribution in [0.4, 0.5) is 11.4 Å². The molecule has 2 N–H and O–H groups in total. The van der Waals surface area contributed by atoms with E-state index in [2.05, 4.69) is 306 Å². The summed E-state index contributed by atoms with van der Waals surface area (Å²) < 4.78 is 14.1. The van der Waals surface area contributed by atoms with Crippen LogP contribution >= 0.6 is 84.7 Å². The molecule has 0 aliphatic heterocycles. The second-order valence-corrected chi connectivity index (χ2v) is 30.8. The van der Waals surface area contributed by atoms with E-state index in [-0.39, 0.29) is 0 Å². The average Bonchev–Trinajstić information content (AvgIpc) is 1.65. The highest BCUT2D eigenvalue weighted by Crippen LogP contribution is 2.40. The van der Waals surface area contributed by atoms with Crippen molar-refractivity contribution in [2.45, 2.75) is 0 Å². The summed E-state index contributed by atoms with van der Waals surface area (Å²) in [6.45, 7) is 0. The van der Waals surface area contributed by atoms with Crippen LogP contribution in [0.2, 0.25) is 15.1 Å². The van der Waals surface area contributed by atoms with Crippen molar-refractivity contribution in [1.82, 2.24) is 0 Å². The van der Waals surface area contributed by atoms with Gasteiger partial charge in [-0.05, 0) is 211 Å². The molecule has 0 spiro atoms. The number of anilines is 2. The van der Waals surface area contributed by atoms with Crippen molar-refractivity contribution >= 4 is 164 Å². The maximum absolute atomic E-state index is 8.47. The summed E-state index contributed by atoms with van der Waals surface area (Å²) in [5, 5.41) is 22.2. The molecule has 0 unspecified atom stereocenters. The van der Waals surface area contributed by atoms with Gasteiger partial charge in [0, 0.05) is 91.4 Å². The van der Waals surface area contributed by atoms with Crippen LogP contribution in [0.25, 0.3) is 138 Å². The van der Waals surface area contributed by atoms with Crippen LogP contribution < -0.4 is 9.97 Å². The first-order valence-electron chi connectivity index (χ1n) is 34.8. The lowest BCUT2D eigenvalue weighted by Crippen LogP contribution is -1.99. The fourth-order valence-electron chi connectivity index (χ4n) is 12.9. The molecule has 515 valence electrons. The monoisotopic (exact) mass is 1550 g/mol. The molecule has 3 heterocycles. The molecule has 0 saturated heterocycles. The van der Waals surface area contributed by atoms with Gasteiger partial charge in [0.2, 0.25) is 0 Å². The molecule has 3 aromatic heterocycles. The maximum Gasteiger partial charge on any atom is 0.569 e. The Balaban J connectivity index is 0.000000109. The van der Waals surface area contributed by atoms with E-state index < -0.39 is 0 Å². The Labute approximate surface area is 658 Å². The van der Waals surface area contributed by atoms with Gasteiger partial charge in [-0.3, -0.25) is 0 Å². The van der Waals surface area contributed by atoms with Gasteiger partial charge < -0.3 is 15.0 Å². The molecule has 11 heteroatoms. The van der Waals surface area contributed by atoms with Crippen molar-refractivity contribution in [1.29, 1.82) is 0 Å². The Morgan fingerprint density at radius 2 is 0.495 bits per heavy atom. The third kappa shape index (κ3) is 17.7. The van der Waals surface area contributed by atoms with Crippen molar-refractivity contribution in [3.05, 3.63) is 402 Å². The smallest absolute Gasteiger partial charge is 0.537 e. The molecular weight excluding hydrogens is 1490 g/mol. The minimum Gasteiger partial charge on any atom is -0.537 e. The molecule has 0 aliphatic carbocycles. The number of hydrogen-bond donors (Lipinski definition) is 2. The number of para-hydroxylation sites is 1. The standard InChI is InChI=1S/2C24H15ClS.C24H19N.C12H9BClO2.C12H7BrS/c2*25-20-12-9-17(10-13-20)16-5-7-18(8-6-16)19-11-14-24-22(15-19)21-3-1-2-4-23(21)26-24;1-3-7-19(8-4-1)20-11-13-21(14-12-20)22-15-17-24(18-16-22)25-23-9-5-2-6-10-23;14-11-5-1-9(2-6-11)10-3-7-12(8-4-10)16-13-15;13-8-5-6-12-10(7-8)9-3-1-2-4-11(9)14-12/h2*1-15H;1-18,25H;1-8,15H;1-7H. The quantitative estimate of drug-likeness (QED) is 0.127. The van der Waals surface area contributed by atoms with Gasteiger partial charge in [-0.25, -0.2) is 0 Å². The molecule has 1 radical (unpaired) electrons. The first kappa shape index (κ1) is 71.8. The number of fused-ring (bicyclic) bond motifs is 9. The fourth-order valence-corrected chi connectivity index (χ4v) is 16.9. The van der Waals surface area contributed by atoms with E-state index in [1.165, 1.54) is 127 Å². The third-order valence-corrected chi connectivity index (χ3v) is 23.1. The predicted octanol–water partition coefficient (Wildman–Crippen LogP) is 30.6. The highest BCUT2D eigenvalue weighted by molar-refractivity contribution is 9.10. The van der Waals surface area contributed by atoms with Crippen LogP contribution in [0.1, 0.15) is 0 Å². The van der Waals surface area contributed by atoms with E-state index in [9.17, 15) is 0 Å². The van der Waals surface area contributed by atoms with Crippen molar-refractivity contribution < 1.29 is 9.68 Å². The first-order valence-corrected chi connectivity index (χ1v) is 39.1. The Kier molecular flexibility index (Phi) is 22.9. The van der Waals surface area contributed by atoms with Gasteiger partial charge in [-0.2, -0.15) is 0 Å². The second kappa shape index (κ2) is 34.2. The van der Waals surface area contributed by atoms with E-state index in [0.29, 0.717) is 13.4 Å². The van der Waals surface area contributed by atoms with E-state index in [4.69, 9.17) is 44.5 Å². The molecule has 16 aromatic carbocycles. The van der Waals surface area contributed by atoms with Gasteiger partial charge in [0.1, 0.15) is 5.75 Å². The molecule has 0 amide bonds. The summed E-state index contributed by atoms with van der Waals surface area (Å²) in [5.74, 6) is 0.597. The van der Waals surface area contributed by atoms with Crippen molar-refractivity contribution in [2.24, 2.45) is 0 Å². The molecule has 0 aliphatic rings. The number of rotatable bonds is 11. The van der Waals surface area contributed by atoms with E-state index in [1.807, 2.05) is 119 Å². The highest BCUT2D eigenvalue weighted by atomic mass is 79.9. The number of hydrogen-bond acceptors (Lipinski definition) is 6. The van der Waals surface area contributed by atoms with E-state index in [0.717, 1.165) is 42.0 Å². The van der Waals surface area contributed by atoms with Crippen LogP contribution in [0.3, 0.4) is 0 Å². The van der Waals surface area contributed by atoms with Crippen molar-refractivity contribution in [3.63, 3.8) is 0 Å². The van der Waals surface area contributed by atoms with Gasteiger partial charge in [0.05, 0.1) is 0 Å². The van der Waals surface area contributed by atoms with Gasteiger partial charge in [-0.15, -0.1) is 34.0 Å². The van der Waals surface area contributed by atoms with E-state index in [1.54, 1.807) is 12.1 Å². The Morgan fingerprint density at radius 3 is 0.860 bits per heavy atom. The minimum atomic E-state index is 0.597. The third-order valence-electron chi connectivity index (χ3n) is 18.4. The molecule has 19 rings (SSSR count). The highest BCUT2D eigenvalue weighted by Gasteiger charge is 2.11. The molecule has 0 bridgehead atoms. The Hall–Kier alpha value is -10.8.